The summed E-state index contributed by atoms with van der Waals surface area (Å²) in [6.07, 6.45) is 1.13. The Kier molecular flexibility index (Phi) is 8.76. The lowest BCUT2D eigenvalue weighted by molar-refractivity contribution is 0.285. The standard InChI is InChI=1S/C11H20N4/c1-3-6-14-9-11(2)10-15(7-4-12)8-5-13/h11,14H,3,6-10H2,1-2H3. The lowest BCUT2D eigenvalue weighted by Gasteiger charge is -2.20. The van der Waals surface area contributed by atoms with Gasteiger partial charge in [0.05, 0.1) is 25.2 Å². The van der Waals surface area contributed by atoms with Crippen molar-refractivity contribution >= 4 is 0 Å². The number of nitriles is 2. The molecule has 0 aliphatic carbocycles. The van der Waals surface area contributed by atoms with Gasteiger partial charge < -0.3 is 5.32 Å². The van der Waals surface area contributed by atoms with Gasteiger partial charge >= 0.3 is 0 Å². The summed E-state index contributed by atoms with van der Waals surface area (Å²) >= 11 is 0. The van der Waals surface area contributed by atoms with E-state index < -0.39 is 0 Å². The molecule has 0 aromatic heterocycles. The Morgan fingerprint density at radius 3 is 2.33 bits per heavy atom. The molecule has 0 aromatic rings. The summed E-state index contributed by atoms with van der Waals surface area (Å²) in [5.74, 6) is 0.471. The second kappa shape index (κ2) is 9.45. The fourth-order valence-corrected chi connectivity index (χ4v) is 1.42. The van der Waals surface area contributed by atoms with Gasteiger partial charge in [0.15, 0.2) is 0 Å². The van der Waals surface area contributed by atoms with Crippen LogP contribution in [-0.4, -0.2) is 37.6 Å². The molecule has 0 aromatic carbocycles. The van der Waals surface area contributed by atoms with E-state index in [2.05, 4.69) is 31.3 Å². The predicted octanol–water partition coefficient (Wildman–Crippen LogP) is 0.971. The van der Waals surface area contributed by atoms with E-state index in [4.69, 9.17) is 10.5 Å². The Morgan fingerprint density at radius 2 is 1.87 bits per heavy atom. The third kappa shape index (κ3) is 7.93. The van der Waals surface area contributed by atoms with Crippen LogP contribution in [0.5, 0.6) is 0 Å². The lowest BCUT2D eigenvalue weighted by atomic mass is 10.1. The van der Waals surface area contributed by atoms with Gasteiger partial charge in [-0.1, -0.05) is 13.8 Å². The zero-order valence-electron chi connectivity index (χ0n) is 9.66. The molecule has 0 amide bonds. The Balaban J connectivity index is 3.74. The smallest absolute Gasteiger partial charge is 0.0874 e. The van der Waals surface area contributed by atoms with Gasteiger partial charge in [0.1, 0.15) is 0 Å². The summed E-state index contributed by atoms with van der Waals surface area (Å²) in [6, 6.07) is 4.16. The first-order valence-corrected chi connectivity index (χ1v) is 5.41. The van der Waals surface area contributed by atoms with Gasteiger partial charge in [0, 0.05) is 6.54 Å². The van der Waals surface area contributed by atoms with Crippen LogP contribution in [0.2, 0.25) is 0 Å². The Hall–Kier alpha value is -1.10. The maximum absolute atomic E-state index is 8.57. The molecule has 0 saturated carbocycles. The van der Waals surface area contributed by atoms with Gasteiger partial charge in [-0.15, -0.1) is 0 Å². The Labute approximate surface area is 92.5 Å². The molecule has 0 rings (SSSR count). The molecule has 4 heteroatoms. The second-order valence-electron chi connectivity index (χ2n) is 3.80. The van der Waals surface area contributed by atoms with E-state index in [0.29, 0.717) is 19.0 Å². The molecule has 15 heavy (non-hydrogen) atoms. The minimum Gasteiger partial charge on any atom is -0.316 e. The van der Waals surface area contributed by atoms with E-state index in [9.17, 15) is 0 Å². The quantitative estimate of drug-likeness (QED) is 0.477. The fourth-order valence-electron chi connectivity index (χ4n) is 1.42. The first-order valence-electron chi connectivity index (χ1n) is 5.41. The van der Waals surface area contributed by atoms with E-state index in [-0.39, 0.29) is 0 Å². The summed E-state index contributed by atoms with van der Waals surface area (Å²) in [7, 11) is 0. The van der Waals surface area contributed by atoms with Crippen molar-refractivity contribution in [1.82, 2.24) is 10.2 Å². The monoisotopic (exact) mass is 208 g/mol. The van der Waals surface area contributed by atoms with Crippen molar-refractivity contribution < 1.29 is 0 Å². The molecule has 0 spiro atoms. The summed E-state index contributed by atoms with van der Waals surface area (Å²) in [5, 5.41) is 20.5. The van der Waals surface area contributed by atoms with E-state index >= 15 is 0 Å². The highest BCUT2D eigenvalue weighted by Gasteiger charge is 2.08. The van der Waals surface area contributed by atoms with Crippen LogP contribution in [0.3, 0.4) is 0 Å². The Morgan fingerprint density at radius 1 is 1.27 bits per heavy atom. The van der Waals surface area contributed by atoms with Crippen LogP contribution in [0.25, 0.3) is 0 Å². The van der Waals surface area contributed by atoms with Crippen LogP contribution in [0.1, 0.15) is 20.3 Å². The number of nitrogens with one attached hydrogen (secondary N) is 1. The van der Waals surface area contributed by atoms with Crippen molar-refractivity contribution in [3.63, 3.8) is 0 Å². The van der Waals surface area contributed by atoms with Gasteiger partial charge in [0.25, 0.3) is 0 Å². The van der Waals surface area contributed by atoms with Crippen LogP contribution in [0.4, 0.5) is 0 Å². The molecule has 0 fully saturated rings. The lowest BCUT2D eigenvalue weighted by Crippen LogP contribution is -2.34. The van der Waals surface area contributed by atoms with Gasteiger partial charge in [-0.05, 0) is 25.4 Å². The molecule has 0 bridgehead atoms. The molecule has 0 heterocycles. The van der Waals surface area contributed by atoms with Crippen molar-refractivity contribution in [2.45, 2.75) is 20.3 Å². The van der Waals surface area contributed by atoms with Crippen molar-refractivity contribution in [2.24, 2.45) is 5.92 Å². The molecular formula is C11H20N4. The average Bonchev–Trinajstić information content (AvgIpc) is 2.19. The molecule has 84 valence electrons. The molecule has 4 nitrogen and oxygen atoms in total. The highest BCUT2D eigenvalue weighted by Crippen LogP contribution is 1.98. The van der Waals surface area contributed by atoms with Crippen LogP contribution in [-0.2, 0) is 0 Å². The van der Waals surface area contributed by atoms with Crippen LogP contribution >= 0.6 is 0 Å². The van der Waals surface area contributed by atoms with Crippen molar-refractivity contribution in [2.75, 3.05) is 32.7 Å². The minimum absolute atomic E-state index is 0.339. The van der Waals surface area contributed by atoms with Gasteiger partial charge in [-0.2, -0.15) is 10.5 Å². The molecule has 1 unspecified atom stereocenters. The summed E-state index contributed by atoms with van der Waals surface area (Å²) in [5.41, 5.74) is 0. The molecule has 0 radical (unpaired) electrons. The molecule has 0 aliphatic rings. The third-order valence-electron chi connectivity index (χ3n) is 2.08. The first kappa shape index (κ1) is 13.9. The number of rotatable bonds is 8. The average molecular weight is 208 g/mol. The van der Waals surface area contributed by atoms with Crippen molar-refractivity contribution in [3.05, 3.63) is 0 Å². The zero-order valence-corrected chi connectivity index (χ0v) is 9.66. The van der Waals surface area contributed by atoms with Gasteiger partial charge in [-0.25, -0.2) is 0 Å². The first-order chi connectivity index (χ1) is 7.24. The number of hydrogen-bond acceptors (Lipinski definition) is 4. The predicted molar refractivity (Wildman–Crippen MR) is 60.0 cm³/mol. The molecular weight excluding hydrogens is 188 g/mol. The van der Waals surface area contributed by atoms with Gasteiger partial charge in [-0.3, -0.25) is 4.90 Å². The summed E-state index contributed by atoms with van der Waals surface area (Å²) in [6.45, 7) is 7.72. The molecule has 1 atom stereocenters. The maximum atomic E-state index is 8.57. The third-order valence-corrected chi connectivity index (χ3v) is 2.08. The van der Waals surface area contributed by atoms with E-state index in [1.165, 1.54) is 0 Å². The largest absolute Gasteiger partial charge is 0.316 e. The topological polar surface area (TPSA) is 62.9 Å². The van der Waals surface area contributed by atoms with Crippen molar-refractivity contribution in [3.8, 4) is 12.1 Å². The van der Waals surface area contributed by atoms with Crippen LogP contribution < -0.4 is 5.32 Å². The molecule has 0 aliphatic heterocycles. The fraction of sp³-hybridized carbons (Fsp3) is 0.818. The molecule has 0 saturated heterocycles. The van der Waals surface area contributed by atoms with Gasteiger partial charge in [0.2, 0.25) is 0 Å². The number of nitrogens with zero attached hydrogens (tertiary/aromatic N) is 3. The Bertz CT molecular complexity index is 210. The zero-order chi connectivity index (χ0) is 11.5. The van der Waals surface area contributed by atoms with Crippen LogP contribution in [0.15, 0.2) is 0 Å². The second-order valence-corrected chi connectivity index (χ2v) is 3.80. The number of hydrogen-bond donors (Lipinski definition) is 1. The minimum atomic E-state index is 0.339. The van der Waals surface area contributed by atoms with E-state index in [1.807, 2.05) is 4.90 Å². The summed E-state index contributed by atoms with van der Waals surface area (Å²) in [4.78, 5) is 1.87. The normalized spacial score (nSPS) is 12.1. The SMILES string of the molecule is CCCNCC(C)CN(CC#N)CC#N. The van der Waals surface area contributed by atoms with Crippen LogP contribution in [0, 0.1) is 28.6 Å². The molecule has 1 N–H and O–H groups in total. The highest BCUT2D eigenvalue weighted by atomic mass is 15.1. The van der Waals surface area contributed by atoms with E-state index in [0.717, 1.165) is 26.1 Å². The van der Waals surface area contributed by atoms with Crippen molar-refractivity contribution in [1.29, 1.82) is 10.5 Å². The highest BCUT2D eigenvalue weighted by molar-refractivity contribution is 4.84. The van der Waals surface area contributed by atoms with E-state index in [1.54, 1.807) is 0 Å². The summed E-state index contributed by atoms with van der Waals surface area (Å²) < 4.78 is 0. The maximum Gasteiger partial charge on any atom is 0.0874 e.